The maximum atomic E-state index is 4.44. The van der Waals surface area contributed by atoms with Gasteiger partial charge in [-0.1, -0.05) is 6.92 Å². The van der Waals surface area contributed by atoms with Gasteiger partial charge in [0.2, 0.25) is 0 Å². The van der Waals surface area contributed by atoms with Gasteiger partial charge in [0.25, 0.3) is 0 Å². The van der Waals surface area contributed by atoms with Gasteiger partial charge >= 0.3 is 23.1 Å². The quantitative estimate of drug-likeness (QED) is 0.452. The fraction of sp³-hybridized carbons (Fsp3) is 0.750. The highest BCUT2D eigenvalue weighted by atomic mass is 24.3. The summed E-state index contributed by atoms with van der Waals surface area (Å²) < 4.78 is 4.44. The Labute approximate surface area is 55.2 Å². The third-order valence-corrected chi connectivity index (χ3v) is 0.348. The summed E-state index contributed by atoms with van der Waals surface area (Å²) in [7, 11) is 3.18. The van der Waals surface area contributed by atoms with Gasteiger partial charge in [-0.3, -0.25) is 0 Å². The van der Waals surface area contributed by atoms with Crippen LogP contribution in [-0.4, -0.2) is 29.7 Å². The highest BCUT2D eigenvalue weighted by Gasteiger charge is 1.66. The Bertz CT molecular complexity index is 15.0. The molecule has 0 aromatic rings. The van der Waals surface area contributed by atoms with E-state index >= 15 is 0 Å². The fourth-order valence-electron chi connectivity index (χ4n) is 0.144. The van der Waals surface area contributed by atoms with Crippen molar-refractivity contribution >= 4 is 23.1 Å². The number of hydrogen-bond acceptors (Lipinski definition) is 1. The molecule has 0 aliphatic carbocycles. The highest BCUT2D eigenvalue weighted by molar-refractivity contribution is 5.75. The van der Waals surface area contributed by atoms with Crippen molar-refractivity contribution in [1.82, 2.24) is 0 Å². The molecule has 35 valence electrons. The minimum absolute atomic E-state index is 0. The Morgan fingerprint density at radius 3 is 2.17 bits per heavy atom. The Morgan fingerprint density at radius 1 is 1.67 bits per heavy atom. The molecule has 2 heteroatoms. The van der Waals surface area contributed by atoms with E-state index < -0.39 is 0 Å². The van der Waals surface area contributed by atoms with Crippen LogP contribution in [0.1, 0.15) is 13.3 Å². The van der Waals surface area contributed by atoms with Crippen LogP contribution in [0.15, 0.2) is 0 Å². The lowest BCUT2D eigenvalue weighted by molar-refractivity contribution is 0.242. The largest absolute Gasteiger partial charge is 0.379 e. The molecule has 1 nitrogen and oxygen atoms in total. The zero-order valence-corrected chi connectivity index (χ0v) is 3.53. The predicted molar refractivity (Wildman–Crippen MR) is 30.1 cm³/mol. The van der Waals surface area contributed by atoms with Gasteiger partial charge in [0.05, 0.1) is 7.11 Å². The molecular weight excluding hydrogens is 88.3 g/mol. The van der Waals surface area contributed by atoms with Crippen LogP contribution in [0.25, 0.3) is 0 Å². The summed E-state index contributed by atoms with van der Waals surface area (Å²) in [5.41, 5.74) is 0. The van der Waals surface area contributed by atoms with Gasteiger partial charge in [-0.05, 0) is 6.42 Å². The minimum Gasteiger partial charge on any atom is -0.379 e. The van der Waals surface area contributed by atoms with Crippen LogP contribution in [0.4, 0.5) is 0 Å². The summed E-state index contributed by atoms with van der Waals surface area (Å²) in [4.78, 5) is 0. The molecule has 0 amide bonds. The molecule has 0 unspecified atom stereocenters. The molecule has 0 saturated carbocycles. The maximum absolute atomic E-state index is 4.44. The van der Waals surface area contributed by atoms with Crippen LogP contribution in [-0.2, 0) is 4.74 Å². The summed E-state index contributed by atoms with van der Waals surface area (Å²) >= 11 is 0. The standard InChI is InChI=1S/C4H9O.Mg.2H/c1-3-4-5-2;;;/h2-4H2,1H3;;;. The topological polar surface area (TPSA) is 9.23 Å². The van der Waals surface area contributed by atoms with E-state index in [2.05, 4.69) is 11.8 Å². The molecule has 0 aliphatic heterocycles. The van der Waals surface area contributed by atoms with Crippen molar-refractivity contribution in [2.45, 2.75) is 13.3 Å². The van der Waals surface area contributed by atoms with Gasteiger partial charge in [-0.15, -0.1) is 0 Å². The first-order valence-electron chi connectivity index (χ1n) is 1.78. The zero-order valence-electron chi connectivity index (χ0n) is 3.53. The maximum Gasteiger partial charge on any atom is 0.316 e. The summed E-state index contributed by atoms with van der Waals surface area (Å²) in [5.74, 6) is 0. The zero-order chi connectivity index (χ0) is 4.12. The lowest BCUT2D eigenvalue weighted by Gasteiger charge is -1.83. The van der Waals surface area contributed by atoms with Gasteiger partial charge in [-0.2, -0.15) is 0 Å². The molecular formula is C4H11MgO. The van der Waals surface area contributed by atoms with E-state index in [-0.39, 0.29) is 23.1 Å². The van der Waals surface area contributed by atoms with E-state index in [1.165, 1.54) is 0 Å². The summed E-state index contributed by atoms with van der Waals surface area (Å²) in [6, 6.07) is 0. The van der Waals surface area contributed by atoms with Crippen molar-refractivity contribution in [2.24, 2.45) is 0 Å². The van der Waals surface area contributed by atoms with Crippen molar-refractivity contribution in [1.29, 1.82) is 0 Å². The fourth-order valence-corrected chi connectivity index (χ4v) is 0.144. The second-order valence-corrected chi connectivity index (χ2v) is 0.908. The Morgan fingerprint density at radius 2 is 2.17 bits per heavy atom. The molecule has 0 N–H and O–H groups in total. The summed E-state index contributed by atoms with van der Waals surface area (Å²) in [6.45, 7) is 2.82. The first-order chi connectivity index (χ1) is 2.41. The normalized spacial score (nSPS) is 7.00. The van der Waals surface area contributed by atoms with Crippen LogP contribution < -0.4 is 0 Å². The Hall–Kier alpha value is 0.726. The first kappa shape index (κ1) is 9.87. The smallest absolute Gasteiger partial charge is 0.316 e. The average Bonchev–Trinajstić information content (AvgIpc) is 1.41. The second-order valence-electron chi connectivity index (χ2n) is 0.908. The number of ether oxygens (including phenoxy) is 1. The van der Waals surface area contributed by atoms with E-state index in [1.54, 1.807) is 0 Å². The molecule has 0 saturated heterocycles. The van der Waals surface area contributed by atoms with Crippen LogP contribution in [0.3, 0.4) is 0 Å². The van der Waals surface area contributed by atoms with Crippen molar-refractivity contribution in [3.63, 3.8) is 0 Å². The van der Waals surface area contributed by atoms with Crippen LogP contribution in [0.5, 0.6) is 0 Å². The molecule has 0 bridgehead atoms. The Kier molecular flexibility index (Phi) is 15.2. The second kappa shape index (κ2) is 9.21. The summed E-state index contributed by atoms with van der Waals surface area (Å²) in [5, 5.41) is 0. The van der Waals surface area contributed by atoms with Gasteiger partial charge in [0.1, 0.15) is 0 Å². The third kappa shape index (κ3) is 8.83. The molecule has 0 spiro atoms. The van der Waals surface area contributed by atoms with E-state index in [4.69, 9.17) is 0 Å². The molecule has 0 aliphatic rings. The first-order valence-corrected chi connectivity index (χ1v) is 1.78. The molecule has 0 aromatic heterocycles. The van der Waals surface area contributed by atoms with Crippen LogP contribution in [0.2, 0.25) is 0 Å². The molecule has 0 fully saturated rings. The SMILES string of the molecule is [CH2]OCCC.[MgH2]. The van der Waals surface area contributed by atoms with Crippen molar-refractivity contribution in [3.8, 4) is 0 Å². The number of rotatable bonds is 2. The predicted octanol–water partition coefficient (Wildman–Crippen LogP) is 0.288. The molecule has 0 aromatic carbocycles. The van der Waals surface area contributed by atoms with E-state index in [0.29, 0.717) is 0 Å². The molecule has 6 heavy (non-hydrogen) atoms. The lowest BCUT2D eigenvalue weighted by atomic mass is 10.5. The highest BCUT2D eigenvalue weighted by Crippen LogP contribution is 1.72. The van der Waals surface area contributed by atoms with E-state index in [1.807, 2.05) is 6.92 Å². The summed E-state index contributed by atoms with van der Waals surface area (Å²) in [6.07, 6.45) is 1.06. The number of hydrogen-bond donors (Lipinski definition) is 0. The molecule has 0 atom stereocenters. The molecule has 0 heterocycles. The van der Waals surface area contributed by atoms with Crippen LogP contribution >= 0.6 is 0 Å². The van der Waals surface area contributed by atoms with Crippen molar-refractivity contribution < 1.29 is 4.74 Å². The van der Waals surface area contributed by atoms with Crippen LogP contribution in [0, 0.1) is 7.11 Å². The minimum atomic E-state index is 0. The third-order valence-electron chi connectivity index (χ3n) is 0.348. The van der Waals surface area contributed by atoms with E-state index in [0.717, 1.165) is 13.0 Å². The Balaban J connectivity index is 0. The lowest BCUT2D eigenvalue weighted by Crippen LogP contribution is -1.77. The van der Waals surface area contributed by atoms with Gasteiger partial charge < -0.3 is 4.74 Å². The van der Waals surface area contributed by atoms with Crippen molar-refractivity contribution in [3.05, 3.63) is 7.11 Å². The van der Waals surface area contributed by atoms with Gasteiger partial charge in [0, 0.05) is 6.61 Å². The average molecular weight is 99.4 g/mol. The van der Waals surface area contributed by atoms with Crippen molar-refractivity contribution in [2.75, 3.05) is 6.61 Å². The molecule has 1 radical (unpaired) electrons. The van der Waals surface area contributed by atoms with Gasteiger partial charge in [0.15, 0.2) is 0 Å². The monoisotopic (exact) mass is 99.1 g/mol. The van der Waals surface area contributed by atoms with E-state index in [9.17, 15) is 0 Å². The van der Waals surface area contributed by atoms with Gasteiger partial charge in [-0.25, -0.2) is 0 Å². The molecule has 0 rings (SSSR count).